The van der Waals surface area contributed by atoms with Crippen LogP contribution in [0.3, 0.4) is 0 Å². The Morgan fingerprint density at radius 1 is 1.35 bits per heavy atom. The second kappa shape index (κ2) is 7.23. The van der Waals surface area contributed by atoms with Crippen LogP contribution >= 0.6 is 0 Å². The topological polar surface area (TPSA) is 33.1 Å². The highest BCUT2D eigenvalue weighted by Crippen LogP contribution is 2.22. The van der Waals surface area contributed by atoms with Crippen LogP contribution in [0.4, 0.5) is 0 Å². The van der Waals surface area contributed by atoms with Crippen molar-refractivity contribution >= 4 is 0 Å². The lowest BCUT2D eigenvalue weighted by molar-refractivity contribution is 0.154. The average Bonchev–Trinajstić information content (AvgIpc) is 2.80. The summed E-state index contributed by atoms with van der Waals surface area (Å²) in [4.78, 5) is 2.58. The average molecular weight is 278 g/mol. The maximum Gasteiger partial charge on any atom is 0.0597 e. The molecule has 1 aromatic heterocycles. The number of rotatable bonds is 6. The second-order valence-corrected chi connectivity index (χ2v) is 6.05. The molecular formula is C16H30N4. The van der Waals surface area contributed by atoms with E-state index in [0.717, 1.165) is 31.2 Å². The molecule has 20 heavy (non-hydrogen) atoms. The summed E-state index contributed by atoms with van der Waals surface area (Å²) in [6.07, 6.45) is 2.63. The summed E-state index contributed by atoms with van der Waals surface area (Å²) in [6.45, 7) is 14.3. The van der Waals surface area contributed by atoms with Gasteiger partial charge in [-0.2, -0.15) is 5.10 Å². The third-order valence-electron chi connectivity index (χ3n) is 4.54. The quantitative estimate of drug-likeness (QED) is 0.867. The molecule has 4 nitrogen and oxygen atoms in total. The van der Waals surface area contributed by atoms with Crippen molar-refractivity contribution in [2.75, 3.05) is 19.6 Å². The molecule has 2 rings (SSSR count). The van der Waals surface area contributed by atoms with Gasteiger partial charge in [-0.05, 0) is 65.2 Å². The zero-order valence-corrected chi connectivity index (χ0v) is 13.5. The van der Waals surface area contributed by atoms with Gasteiger partial charge in [0, 0.05) is 19.1 Å². The van der Waals surface area contributed by atoms with E-state index in [2.05, 4.69) is 53.8 Å². The zero-order chi connectivity index (χ0) is 14.5. The maximum atomic E-state index is 4.54. The Morgan fingerprint density at radius 3 is 2.65 bits per heavy atom. The van der Waals surface area contributed by atoms with Crippen LogP contribution in [0.15, 0.2) is 6.07 Å². The molecule has 1 N–H and O–H groups in total. The molecule has 2 heterocycles. The van der Waals surface area contributed by atoms with E-state index < -0.39 is 0 Å². The molecule has 1 atom stereocenters. The molecule has 0 aliphatic carbocycles. The van der Waals surface area contributed by atoms with Gasteiger partial charge in [0.2, 0.25) is 0 Å². The predicted molar refractivity (Wildman–Crippen MR) is 83.8 cm³/mol. The van der Waals surface area contributed by atoms with Crippen LogP contribution in [-0.4, -0.2) is 40.4 Å². The van der Waals surface area contributed by atoms with Gasteiger partial charge in [-0.15, -0.1) is 0 Å². The highest BCUT2D eigenvalue weighted by atomic mass is 15.3. The minimum atomic E-state index is 0.658. The summed E-state index contributed by atoms with van der Waals surface area (Å²) in [5.41, 5.74) is 2.50. The van der Waals surface area contributed by atoms with Crippen molar-refractivity contribution in [2.24, 2.45) is 5.92 Å². The summed E-state index contributed by atoms with van der Waals surface area (Å²) in [5, 5.41) is 8.11. The van der Waals surface area contributed by atoms with Gasteiger partial charge in [-0.25, -0.2) is 0 Å². The number of aromatic nitrogens is 2. The summed E-state index contributed by atoms with van der Waals surface area (Å²) in [5.74, 6) is 0.837. The molecule has 1 aliphatic rings. The first-order valence-corrected chi connectivity index (χ1v) is 8.13. The van der Waals surface area contributed by atoms with Gasteiger partial charge in [-0.3, -0.25) is 9.58 Å². The third kappa shape index (κ3) is 3.83. The molecule has 0 aromatic carbocycles. The third-order valence-corrected chi connectivity index (χ3v) is 4.54. The Morgan fingerprint density at radius 2 is 2.05 bits per heavy atom. The number of nitrogens with zero attached hydrogens (tertiary/aromatic N) is 3. The van der Waals surface area contributed by atoms with Gasteiger partial charge in [0.05, 0.1) is 11.4 Å². The summed E-state index contributed by atoms with van der Waals surface area (Å²) >= 11 is 0. The number of nitrogens with one attached hydrogen (secondary N) is 1. The molecule has 1 unspecified atom stereocenters. The van der Waals surface area contributed by atoms with Crippen LogP contribution in [0.5, 0.6) is 0 Å². The first kappa shape index (κ1) is 15.5. The molecular weight excluding hydrogens is 248 g/mol. The highest BCUT2D eigenvalue weighted by Gasteiger charge is 2.23. The Labute approximate surface area is 123 Å². The monoisotopic (exact) mass is 278 g/mol. The highest BCUT2D eigenvalue weighted by molar-refractivity contribution is 5.09. The van der Waals surface area contributed by atoms with Crippen LogP contribution < -0.4 is 5.32 Å². The fourth-order valence-electron chi connectivity index (χ4n) is 3.33. The lowest BCUT2D eigenvalue weighted by atomic mass is 9.90. The Kier molecular flexibility index (Phi) is 5.61. The molecule has 4 heteroatoms. The first-order valence-electron chi connectivity index (χ1n) is 8.13. The minimum Gasteiger partial charge on any atom is -0.314 e. The van der Waals surface area contributed by atoms with Crippen molar-refractivity contribution in [3.8, 4) is 0 Å². The van der Waals surface area contributed by atoms with Gasteiger partial charge in [0.15, 0.2) is 0 Å². The van der Waals surface area contributed by atoms with Crippen molar-refractivity contribution in [3.05, 3.63) is 17.5 Å². The van der Waals surface area contributed by atoms with E-state index in [-0.39, 0.29) is 0 Å². The molecule has 1 fully saturated rings. The lowest BCUT2D eigenvalue weighted by Crippen LogP contribution is -2.41. The molecule has 1 aromatic rings. The van der Waals surface area contributed by atoms with E-state index in [1.807, 2.05) is 0 Å². The number of aryl methyl sites for hydroxylation is 2. The largest absolute Gasteiger partial charge is 0.314 e. The predicted octanol–water partition coefficient (Wildman–Crippen LogP) is 2.42. The SMILES string of the molecule is CCNC(C)C1CCN(Cc2cc(C)nn2CC)CC1. The molecule has 0 spiro atoms. The maximum absolute atomic E-state index is 4.54. The smallest absolute Gasteiger partial charge is 0.0597 e. The second-order valence-electron chi connectivity index (χ2n) is 6.05. The molecule has 114 valence electrons. The Balaban J connectivity index is 1.85. The number of hydrogen-bond donors (Lipinski definition) is 1. The molecule has 1 aliphatic heterocycles. The Bertz CT molecular complexity index is 405. The molecule has 0 amide bonds. The normalized spacial score (nSPS) is 19.4. The van der Waals surface area contributed by atoms with Crippen molar-refractivity contribution in [1.29, 1.82) is 0 Å². The zero-order valence-electron chi connectivity index (χ0n) is 13.5. The lowest BCUT2D eigenvalue weighted by Gasteiger charge is -2.35. The van der Waals surface area contributed by atoms with Gasteiger partial charge in [0.25, 0.3) is 0 Å². The van der Waals surface area contributed by atoms with Gasteiger partial charge in [-0.1, -0.05) is 6.92 Å². The fraction of sp³-hybridized carbons (Fsp3) is 0.812. The van der Waals surface area contributed by atoms with Crippen LogP contribution in [0.1, 0.15) is 45.0 Å². The van der Waals surface area contributed by atoms with Crippen LogP contribution in [0.2, 0.25) is 0 Å². The first-order chi connectivity index (χ1) is 9.63. The summed E-state index contributed by atoms with van der Waals surface area (Å²) in [6, 6.07) is 2.89. The van der Waals surface area contributed by atoms with Crippen LogP contribution in [0, 0.1) is 12.8 Å². The molecule has 0 saturated carbocycles. The summed E-state index contributed by atoms with van der Waals surface area (Å²) in [7, 11) is 0. The summed E-state index contributed by atoms with van der Waals surface area (Å²) < 4.78 is 2.14. The van der Waals surface area contributed by atoms with E-state index in [4.69, 9.17) is 0 Å². The van der Waals surface area contributed by atoms with Crippen molar-refractivity contribution in [2.45, 2.75) is 59.7 Å². The van der Waals surface area contributed by atoms with Crippen LogP contribution in [0.25, 0.3) is 0 Å². The molecule has 1 saturated heterocycles. The van der Waals surface area contributed by atoms with E-state index in [1.54, 1.807) is 0 Å². The van der Waals surface area contributed by atoms with Gasteiger partial charge < -0.3 is 5.32 Å². The van der Waals surface area contributed by atoms with E-state index >= 15 is 0 Å². The number of piperidine rings is 1. The Hall–Kier alpha value is -0.870. The van der Waals surface area contributed by atoms with Gasteiger partial charge >= 0.3 is 0 Å². The van der Waals surface area contributed by atoms with Crippen molar-refractivity contribution < 1.29 is 0 Å². The molecule has 0 radical (unpaired) electrons. The number of hydrogen-bond acceptors (Lipinski definition) is 3. The van der Waals surface area contributed by atoms with Crippen molar-refractivity contribution in [3.63, 3.8) is 0 Å². The molecule has 0 bridgehead atoms. The van der Waals surface area contributed by atoms with Crippen molar-refractivity contribution in [1.82, 2.24) is 20.0 Å². The standard InChI is InChI=1S/C16H30N4/c1-5-17-14(4)15-7-9-19(10-8-15)12-16-11-13(3)18-20(16)6-2/h11,14-15,17H,5-10,12H2,1-4H3. The number of likely N-dealkylation sites (tertiary alicyclic amines) is 1. The fourth-order valence-corrected chi connectivity index (χ4v) is 3.33. The van der Waals surface area contributed by atoms with Gasteiger partial charge in [0.1, 0.15) is 0 Å². The van der Waals surface area contributed by atoms with Crippen LogP contribution in [-0.2, 0) is 13.1 Å². The van der Waals surface area contributed by atoms with E-state index in [0.29, 0.717) is 6.04 Å². The minimum absolute atomic E-state index is 0.658. The van der Waals surface area contributed by atoms with E-state index in [1.165, 1.54) is 31.6 Å². The van der Waals surface area contributed by atoms with E-state index in [9.17, 15) is 0 Å².